The highest BCUT2D eigenvalue weighted by molar-refractivity contribution is 5.94. The Bertz CT molecular complexity index is 616. The van der Waals surface area contributed by atoms with Crippen molar-refractivity contribution in [1.29, 1.82) is 0 Å². The summed E-state index contributed by atoms with van der Waals surface area (Å²) in [4.78, 5) is 12.2. The second-order valence-corrected chi connectivity index (χ2v) is 6.04. The zero-order valence-electron chi connectivity index (χ0n) is 13.3. The predicted molar refractivity (Wildman–Crippen MR) is 92.4 cm³/mol. The molecule has 3 rings (SSSR count). The van der Waals surface area contributed by atoms with Crippen LogP contribution >= 0.6 is 0 Å². The van der Waals surface area contributed by atoms with E-state index in [1.54, 1.807) is 0 Å². The number of rotatable bonds is 5. The van der Waals surface area contributed by atoms with E-state index in [1.807, 2.05) is 42.5 Å². The van der Waals surface area contributed by atoms with Crippen LogP contribution in [0.5, 0.6) is 0 Å². The molecule has 0 atom stereocenters. The SMILES string of the molecule is O=C(NCCC1CCOCC1)c1ccc(-c2ccccc2)cc1. The summed E-state index contributed by atoms with van der Waals surface area (Å²) in [6, 6.07) is 18.0. The van der Waals surface area contributed by atoms with Gasteiger partial charge in [0.05, 0.1) is 0 Å². The van der Waals surface area contributed by atoms with Gasteiger partial charge in [-0.3, -0.25) is 4.79 Å². The summed E-state index contributed by atoms with van der Waals surface area (Å²) in [6.45, 7) is 2.46. The molecule has 1 N–H and O–H groups in total. The fourth-order valence-corrected chi connectivity index (χ4v) is 2.97. The van der Waals surface area contributed by atoms with Crippen LogP contribution in [0.3, 0.4) is 0 Å². The Kier molecular flexibility index (Phi) is 5.43. The van der Waals surface area contributed by atoms with Gasteiger partial charge >= 0.3 is 0 Å². The first-order valence-electron chi connectivity index (χ1n) is 8.34. The standard InChI is InChI=1S/C20H23NO2/c22-20(21-13-10-16-11-14-23-15-12-16)19-8-6-18(7-9-19)17-4-2-1-3-5-17/h1-9,16H,10-15H2,(H,21,22). The molecule has 0 saturated carbocycles. The molecule has 23 heavy (non-hydrogen) atoms. The minimum atomic E-state index is 0.0108. The number of ether oxygens (including phenoxy) is 1. The van der Waals surface area contributed by atoms with Crippen LogP contribution in [0, 0.1) is 5.92 Å². The van der Waals surface area contributed by atoms with E-state index >= 15 is 0 Å². The summed E-state index contributed by atoms with van der Waals surface area (Å²) in [5, 5.41) is 3.03. The monoisotopic (exact) mass is 309 g/mol. The number of carbonyl (C=O) groups is 1. The molecule has 1 amide bonds. The van der Waals surface area contributed by atoms with Gasteiger partial charge in [0.2, 0.25) is 0 Å². The molecule has 3 heteroatoms. The van der Waals surface area contributed by atoms with Crippen molar-refractivity contribution in [3.63, 3.8) is 0 Å². The molecule has 1 fully saturated rings. The van der Waals surface area contributed by atoms with Crippen LogP contribution in [-0.4, -0.2) is 25.7 Å². The number of hydrogen-bond acceptors (Lipinski definition) is 2. The molecule has 0 unspecified atom stereocenters. The maximum atomic E-state index is 12.2. The first-order chi connectivity index (χ1) is 11.3. The van der Waals surface area contributed by atoms with Crippen LogP contribution in [0.15, 0.2) is 54.6 Å². The predicted octanol–water partition coefficient (Wildman–Crippen LogP) is 3.90. The van der Waals surface area contributed by atoms with Gasteiger partial charge in [0.1, 0.15) is 0 Å². The smallest absolute Gasteiger partial charge is 0.251 e. The Morgan fingerprint density at radius 1 is 0.957 bits per heavy atom. The highest BCUT2D eigenvalue weighted by Crippen LogP contribution is 2.20. The number of hydrogen-bond donors (Lipinski definition) is 1. The quantitative estimate of drug-likeness (QED) is 0.909. The van der Waals surface area contributed by atoms with Crippen molar-refractivity contribution in [3.05, 3.63) is 60.2 Å². The first-order valence-corrected chi connectivity index (χ1v) is 8.34. The van der Waals surface area contributed by atoms with Crippen molar-refractivity contribution in [2.24, 2.45) is 5.92 Å². The van der Waals surface area contributed by atoms with Gasteiger partial charge in [-0.05, 0) is 48.4 Å². The largest absolute Gasteiger partial charge is 0.381 e. The minimum Gasteiger partial charge on any atom is -0.381 e. The molecule has 1 saturated heterocycles. The van der Waals surface area contributed by atoms with Crippen molar-refractivity contribution in [2.45, 2.75) is 19.3 Å². The third kappa shape index (κ3) is 4.42. The molecule has 0 aromatic heterocycles. The molecule has 1 aliphatic heterocycles. The van der Waals surface area contributed by atoms with Crippen molar-refractivity contribution in [3.8, 4) is 11.1 Å². The van der Waals surface area contributed by atoms with Gasteiger partial charge in [-0.1, -0.05) is 42.5 Å². The average molecular weight is 309 g/mol. The Hall–Kier alpha value is -2.13. The molecule has 2 aromatic carbocycles. The normalized spacial score (nSPS) is 15.3. The second-order valence-electron chi connectivity index (χ2n) is 6.04. The van der Waals surface area contributed by atoms with Crippen LogP contribution in [0.4, 0.5) is 0 Å². The summed E-state index contributed by atoms with van der Waals surface area (Å²) in [7, 11) is 0. The molecular formula is C20H23NO2. The van der Waals surface area contributed by atoms with E-state index in [4.69, 9.17) is 4.74 Å². The third-order valence-electron chi connectivity index (χ3n) is 4.43. The van der Waals surface area contributed by atoms with E-state index in [1.165, 1.54) is 5.56 Å². The van der Waals surface area contributed by atoms with Gasteiger partial charge in [-0.25, -0.2) is 0 Å². The zero-order valence-corrected chi connectivity index (χ0v) is 13.3. The molecule has 1 heterocycles. The van der Waals surface area contributed by atoms with Crippen molar-refractivity contribution in [2.75, 3.05) is 19.8 Å². The van der Waals surface area contributed by atoms with Gasteiger partial charge < -0.3 is 10.1 Å². The number of amides is 1. The summed E-state index contributed by atoms with van der Waals surface area (Å²) < 4.78 is 5.36. The van der Waals surface area contributed by atoms with Gasteiger partial charge in [-0.15, -0.1) is 0 Å². The first kappa shape index (κ1) is 15.8. The Labute approximate surface area is 137 Å². The molecule has 3 nitrogen and oxygen atoms in total. The van der Waals surface area contributed by atoms with Crippen molar-refractivity contribution < 1.29 is 9.53 Å². The molecule has 0 bridgehead atoms. The number of nitrogens with one attached hydrogen (secondary N) is 1. The zero-order chi connectivity index (χ0) is 15.9. The molecule has 0 radical (unpaired) electrons. The number of benzene rings is 2. The van der Waals surface area contributed by atoms with Gasteiger partial charge in [0.25, 0.3) is 5.91 Å². The lowest BCUT2D eigenvalue weighted by molar-refractivity contribution is 0.0636. The number of carbonyl (C=O) groups excluding carboxylic acids is 1. The fourth-order valence-electron chi connectivity index (χ4n) is 2.97. The Morgan fingerprint density at radius 3 is 2.30 bits per heavy atom. The van der Waals surface area contributed by atoms with Gasteiger partial charge in [0, 0.05) is 25.3 Å². The lowest BCUT2D eigenvalue weighted by Crippen LogP contribution is -2.27. The Morgan fingerprint density at radius 2 is 1.61 bits per heavy atom. The molecule has 1 aliphatic rings. The fraction of sp³-hybridized carbons (Fsp3) is 0.350. The van der Waals surface area contributed by atoms with Crippen molar-refractivity contribution >= 4 is 5.91 Å². The van der Waals surface area contributed by atoms with Crippen LogP contribution in [-0.2, 0) is 4.74 Å². The van der Waals surface area contributed by atoms with Crippen LogP contribution in [0.2, 0.25) is 0 Å². The van der Waals surface area contributed by atoms with E-state index in [0.29, 0.717) is 5.92 Å². The summed E-state index contributed by atoms with van der Waals surface area (Å²) in [5.74, 6) is 0.696. The molecule has 120 valence electrons. The topological polar surface area (TPSA) is 38.3 Å². The summed E-state index contributed by atoms with van der Waals surface area (Å²) >= 11 is 0. The van der Waals surface area contributed by atoms with E-state index in [2.05, 4.69) is 17.4 Å². The lowest BCUT2D eigenvalue weighted by atomic mass is 9.96. The van der Waals surface area contributed by atoms with E-state index in [-0.39, 0.29) is 5.91 Å². The second kappa shape index (κ2) is 7.93. The van der Waals surface area contributed by atoms with Crippen LogP contribution in [0.25, 0.3) is 11.1 Å². The maximum Gasteiger partial charge on any atom is 0.251 e. The third-order valence-corrected chi connectivity index (χ3v) is 4.43. The summed E-state index contributed by atoms with van der Waals surface area (Å²) in [6.07, 6.45) is 3.26. The lowest BCUT2D eigenvalue weighted by Gasteiger charge is -2.21. The minimum absolute atomic E-state index is 0.0108. The van der Waals surface area contributed by atoms with Gasteiger partial charge in [-0.2, -0.15) is 0 Å². The molecular weight excluding hydrogens is 286 g/mol. The van der Waals surface area contributed by atoms with Gasteiger partial charge in [0.15, 0.2) is 0 Å². The molecule has 0 aliphatic carbocycles. The van der Waals surface area contributed by atoms with Crippen LogP contribution < -0.4 is 5.32 Å². The highest BCUT2D eigenvalue weighted by atomic mass is 16.5. The molecule has 0 spiro atoms. The molecule has 2 aromatic rings. The maximum absolute atomic E-state index is 12.2. The van der Waals surface area contributed by atoms with E-state index < -0.39 is 0 Å². The average Bonchev–Trinajstić information content (AvgIpc) is 2.63. The highest BCUT2D eigenvalue weighted by Gasteiger charge is 2.14. The van der Waals surface area contributed by atoms with Crippen molar-refractivity contribution in [1.82, 2.24) is 5.32 Å². The summed E-state index contributed by atoms with van der Waals surface area (Å²) in [5.41, 5.74) is 3.01. The van der Waals surface area contributed by atoms with E-state index in [0.717, 1.165) is 50.1 Å². The Balaban J connectivity index is 1.51. The van der Waals surface area contributed by atoms with E-state index in [9.17, 15) is 4.79 Å². The van der Waals surface area contributed by atoms with Crippen LogP contribution in [0.1, 0.15) is 29.6 Å².